The zero-order valence-electron chi connectivity index (χ0n) is 20.0. The summed E-state index contributed by atoms with van der Waals surface area (Å²) < 4.78 is 6.53. The van der Waals surface area contributed by atoms with Crippen LogP contribution in [0.15, 0.2) is 48.5 Å². The fourth-order valence-electron chi connectivity index (χ4n) is 5.12. The summed E-state index contributed by atoms with van der Waals surface area (Å²) >= 11 is 6.01. The van der Waals surface area contributed by atoms with Gasteiger partial charge in [-0.3, -0.25) is 9.59 Å². The maximum absolute atomic E-state index is 13.5. The first-order chi connectivity index (χ1) is 16.5. The first-order valence-electron chi connectivity index (χ1n) is 12.6. The Morgan fingerprint density at radius 1 is 0.971 bits per heavy atom. The van der Waals surface area contributed by atoms with Gasteiger partial charge in [0.15, 0.2) is 0 Å². The van der Waals surface area contributed by atoms with Crippen LogP contribution in [0, 0.1) is 0 Å². The van der Waals surface area contributed by atoms with E-state index in [9.17, 15) is 9.59 Å². The molecular formula is C28H35ClN2O3. The van der Waals surface area contributed by atoms with Gasteiger partial charge in [-0.25, -0.2) is 0 Å². The van der Waals surface area contributed by atoms with Crippen LogP contribution in [0.2, 0.25) is 5.02 Å². The summed E-state index contributed by atoms with van der Waals surface area (Å²) in [6.07, 6.45) is 7.91. The molecule has 0 radical (unpaired) electrons. The minimum atomic E-state index is -0.103. The Morgan fingerprint density at radius 2 is 1.71 bits per heavy atom. The zero-order chi connectivity index (χ0) is 23.9. The molecule has 0 unspecified atom stereocenters. The van der Waals surface area contributed by atoms with Gasteiger partial charge in [0.1, 0.15) is 11.9 Å². The molecule has 1 heterocycles. The van der Waals surface area contributed by atoms with E-state index in [1.54, 1.807) is 4.90 Å². The third-order valence-corrected chi connectivity index (χ3v) is 7.32. The molecule has 2 aromatic carbocycles. The molecule has 5 nitrogen and oxygen atoms in total. The molecule has 2 amide bonds. The number of benzene rings is 2. The highest BCUT2D eigenvalue weighted by Gasteiger charge is 2.35. The topological polar surface area (TPSA) is 49.9 Å². The van der Waals surface area contributed by atoms with Gasteiger partial charge in [-0.1, -0.05) is 42.3 Å². The van der Waals surface area contributed by atoms with Crippen LogP contribution >= 0.6 is 11.6 Å². The normalized spacial score (nSPS) is 21.9. The SMILES string of the molecule is CN1CCCCCN(C(=O)CCc2ccc(Cl)cc2)[C@@H]2CCCC[C@@H]2Oc2ccccc2C1=O. The second kappa shape index (κ2) is 11.7. The summed E-state index contributed by atoms with van der Waals surface area (Å²) in [6.45, 7) is 1.44. The maximum Gasteiger partial charge on any atom is 0.257 e. The largest absolute Gasteiger partial charge is 0.487 e. The average Bonchev–Trinajstić information content (AvgIpc) is 2.86. The summed E-state index contributed by atoms with van der Waals surface area (Å²) in [5.41, 5.74) is 1.73. The van der Waals surface area contributed by atoms with E-state index < -0.39 is 0 Å². The van der Waals surface area contributed by atoms with Gasteiger partial charge in [-0.15, -0.1) is 0 Å². The summed E-state index contributed by atoms with van der Waals surface area (Å²) in [6, 6.07) is 15.3. The Labute approximate surface area is 208 Å². The summed E-state index contributed by atoms with van der Waals surface area (Å²) in [5.74, 6) is 0.814. The van der Waals surface area contributed by atoms with Gasteiger partial charge in [0, 0.05) is 31.6 Å². The van der Waals surface area contributed by atoms with E-state index in [4.69, 9.17) is 16.3 Å². The number of carbonyl (C=O) groups is 2. The van der Waals surface area contributed by atoms with Crippen molar-refractivity contribution in [3.8, 4) is 5.75 Å². The van der Waals surface area contributed by atoms with Gasteiger partial charge in [0.25, 0.3) is 5.91 Å². The smallest absolute Gasteiger partial charge is 0.257 e. The number of para-hydroxylation sites is 1. The number of nitrogens with zero attached hydrogens (tertiary/aromatic N) is 2. The summed E-state index contributed by atoms with van der Waals surface area (Å²) in [5, 5.41) is 0.709. The molecule has 1 fully saturated rings. The van der Waals surface area contributed by atoms with Crippen molar-refractivity contribution in [1.82, 2.24) is 9.80 Å². The highest BCUT2D eigenvalue weighted by Crippen LogP contribution is 2.31. The lowest BCUT2D eigenvalue weighted by atomic mass is 9.90. The van der Waals surface area contributed by atoms with Crippen molar-refractivity contribution in [2.24, 2.45) is 0 Å². The lowest BCUT2D eigenvalue weighted by Crippen LogP contribution is -2.51. The number of hydrogen-bond acceptors (Lipinski definition) is 3. The fourth-order valence-corrected chi connectivity index (χ4v) is 5.24. The van der Waals surface area contributed by atoms with Gasteiger partial charge in [0.2, 0.25) is 5.91 Å². The molecule has 2 aromatic rings. The van der Waals surface area contributed by atoms with Crippen molar-refractivity contribution in [2.75, 3.05) is 20.1 Å². The van der Waals surface area contributed by atoms with Gasteiger partial charge < -0.3 is 14.5 Å². The quantitative estimate of drug-likeness (QED) is 0.559. The molecule has 182 valence electrons. The van der Waals surface area contributed by atoms with Crippen LogP contribution in [0.3, 0.4) is 0 Å². The molecule has 34 heavy (non-hydrogen) atoms. The second-order valence-electron chi connectivity index (χ2n) is 9.51. The van der Waals surface area contributed by atoms with Crippen molar-refractivity contribution in [2.45, 2.75) is 69.9 Å². The number of fused-ring (bicyclic) bond motifs is 2. The Kier molecular flexibility index (Phi) is 8.49. The molecule has 0 aromatic heterocycles. The molecule has 1 aliphatic carbocycles. The predicted octanol–water partition coefficient (Wildman–Crippen LogP) is 5.75. The molecule has 4 rings (SSSR count). The van der Waals surface area contributed by atoms with E-state index in [0.717, 1.165) is 57.1 Å². The number of amides is 2. The van der Waals surface area contributed by atoms with Crippen LogP contribution in [0.4, 0.5) is 0 Å². The van der Waals surface area contributed by atoms with Gasteiger partial charge in [-0.2, -0.15) is 0 Å². The third-order valence-electron chi connectivity index (χ3n) is 7.06. The molecule has 6 heteroatoms. The molecule has 0 spiro atoms. The van der Waals surface area contributed by atoms with E-state index in [1.807, 2.05) is 55.6 Å². The molecule has 0 saturated heterocycles. The van der Waals surface area contributed by atoms with Crippen molar-refractivity contribution in [1.29, 1.82) is 0 Å². The summed E-state index contributed by atoms with van der Waals surface area (Å²) in [4.78, 5) is 30.5. The predicted molar refractivity (Wildman–Crippen MR) is 135 cm³/mol. The van der Waals surface area contributed by atoms with E-state index in [2.05, 4.69) is 4.90 Å². The zero-order valence-corrected chi connectivity index (χ0v) is 20.8. The van der Waals surface area contributed by atoms with Crippen LogP contribution in [-0.2, 0) is 11.2 Å². The Balaban J connectivity index is 1.56. The van der Waals surface area contributed by atoms with Crippen LogP contribution in [0.1, 0.15) is 67.3 Å². The van der Waals surface area contributed by atoms with Gasteiger partial charge in [-0.05, 0) is 74.8 Å². The second-order valence-corrected chi connectivity index (χ2v) is 9.94. The maximum atomic E-state index is 13.5. The highest BCUT2D eigenvalue weighted by atomic mass is 35.5. The average molecular weight is 483 g/mol. The van der Waals surface area contributed by atoms with Crippen LogP contribution < -0.4 is 4.74 Å². The van der Waals surface area contributed by atoms with E-state index in [-0.39, 0.29) is 24.0 Å². The van der Waals surface area contributed by atoms with Gasteiger partial charge >= 0.3 is 0 Å². The highest BCUT2D eigenvalue weighted by molar-refractivity contribution is 6.30. The van der Waals surface area contributed by atoms with Crippen molar-refractivity contribution in [3.05, 3.63) is 64.7 Å². The Morgan fingerprint density at radius 3 is 2.53 bits per heavy atom. The number of ether oxygens (including phenoxy) is 1. The molecule has 1 saturated carbocycles. The minimum Gasteiger partial charge on any atom is -0.487 e. The Hall–Kier alpha value is -2.53. The minimum absolute atomic E-state index is 0.00176. The molecule has 0 bridgehead atoms. The first-order valence-corrected chi connectivity index (χ1v) is 13.0. The lowest BCUT2D eigenvalue weighted by Gasteiger charge is -2.40. The standard InChI is InChI=1S/C28H35ClN2O3/c1-30-19-7-2-8-20-31(27(32)18-15-21-13-16-22(29)17-14-21)24-10-4-6-12-26(24)34-25-11-5-3-9-23(25)28(30)33/h3,5,9,11,13-14,16-17,24,26H,2,4,6-8,10,12,15,18-20H2,1H3/t24-,26+/m1/s1. The van der Waals surface area contributed by atoms with E-state index in [0.29, 0.717) is 35.7 Å². The number of aryl methyl sites for hydroxylation is 1. The Bertz CT molecular complexity index is 978. The van der Waals surface area contributed by atoms with E-state index >= 15 is 0 Å². The first kappa shape index (κ1) is 24.6. The van der Waals surface area contributed by atoms with Crippen LogP contribution in [-0.4, -0.2) is 53.9 Å². The third kappa shape index (κ3) is 6.12. The van der Waals surface area contributed by atoms with Gasteiger partial charge in [0.05, 0.1) is 11.6 Å². The van der Waals surface area contributed by atoms with Crippen molar-refractivity contribution >= 4 is 23.4 Å². The van der Waals surface area contributed by atoms with Crippen molar-refractivity contribution in [3.63, 3.8) is 0 Å². The molecule has 1 aliphatic heterocycles. The number of halogens is 1. The number of hydrogen-bond donors (Lipinski definition) is 0. The number of rotatable bonds is 3. The lowest BCUT2D eigenvalue weighted by molar-refractivity contribution is -0.136. The molecule has 2 aliphatic rings. The molecule has 2 atom stereocenters. The fraction of sp³-hybridized carbons (Fsp3) is 0.500. The molecular weight excluding hydrogens is 448 g/mol. The van der Waals surface area contributed by atoms with E-state index in [1.165, 1.54) is 0 Å². The van der Waals surface area contributed by atoms with Crippen LogP contribution in [0.25, 0.3) is 0 Å². The molecule has 0 N–H and O–H groups in total. The van der Waals surface area contributed by atoms with Crippen LogP contribution in [0.5, 0.6) is 5.75 Å². The monoisotopic (exact) mass is 482 g/mol. The number of carbonyl (C=O) groups excluding carboxylic acids is 2. The summed E-state index contributed by atoms with van der Waals surface area (Å²) in [7, 11) is 1.86. The van der Waals surface area contributed by atoms with Crippen molar-refractivity contribution < 1.29 is 14.3 Å².